The number of aromatic nitrogens is 1. The molecule has 0 aromatic carbocycles. The molecule has 3 heteroatoms. The minimum Gasteiger partial charge on any atom is -0.316 e. The lowest BCUT2D eigenvalue weighted by molar-refractivity contribution is 0.0863. The van der Waals surface area contributed by atoms with Crippen molar-refractivity contribution in [2.75, 3.05) is 13.1 Å². The normalized spacial score (nSPS) is 27.0. The lowest BCUT2D eigenvalue weighted by Gasteiger charge is -2.44. The summed E-state index contributed by atoms with van der Waals surface area (Å²) in [5.74, 6) is 0.882. The quantitative estimate of drug-likeness (QED) is 0.755. The predicted octanol–water partition coefficient (Wildman–Crippen LogP) is 4.91. The Morgan fingerprint density at radius 1 is 1.33 bits per heavy atom. The summed E-state index contributed by atoms with van der Waals surface area (Å²) in [7, 11) is 0. The van der Waals surface area contributed by atoms with Crippen molar-refractivity contribution in [1.29, 1.82) is 0 Å². The van der Waals surface area contributed by atoms with Gasteiger partial charge in [-0.2, -0.15) is 0 Å². The highest BCUT2D eigenvalue weighted by Gasteiger charge is 2.38. The predicted molar refractivity (Wildman–Crippen MR) is 92.8 cm³/mol. The summed E-state index contributed by atoms with van der Waals surface area (Å²) in [5.41, 5.74) is 0.902. The van der Waals surface area contributed by atoms with Crippen LogP contribution in [-0.2, 0) is 6.42 Å². The Kier molecular flexibility index (Phi) is 5.84. The molecule has 1 fully saturated rings. The molecule has 0 bridgehead atoms. The Labute approximate surface area is 134 Å². The van der Waals surface area contributed by atoms with E-state index in [1.54, 1.807) is 0 Å². The van der Waals surface area contributed by atoms with Crippen molar-refractivity contribution in [2.45, 2.75) is 66.2 Å². The van der Waals surface area contributed by atoms with Crippen molar-refractivity contribution in [3.63, 3.8) is 0 Å². The third-order valence-electron chi connectivity index (χ3n) is 5.21. The van der Waals surface area contributed by atoms with E-state index < -0.39 is 0 Å². The molecule has 0 radical (unpaired) electrons. The molecule has 1 saturated carbocycles. The van der Waals surface area contributed by atoms with Crippen LogP contribution in [0.2, 0.25) is 0 Å². The van der Waals surface area contributed by atoms with Crippen molar-refractivity contribution in [3.8, 4) is 0 Å². The minimum atomic E-state index is 0.439. The smallest absolute Gasteiger partial charge is 0.0930 e. The molecule has 0 unspecified atom stereocenters. The molecule has 0 aliphatic heterocycles. The molecule has 1 aromatic heterocycles. The fourth-order valence-corrected chi connectivity index (χ4v) is 4.49. The van der Waals surface area contributed by atoms with Gasteiger partial charge in [0.15, 0.2) is 0 Å². The van der Waals surface area contributed by atoms with E-state index in [0.29, 0.717) is 10.8 Å². The molecule has 1 aliphatic rings. The van der Waals surface area contributed by atoms with Gasteiger partial charge in [-0.3, -0.25) is 0 Å². The maximum atomic E-state index is 4.54. The second-order valence-corrected chi connectivity index (χ2v) is 8.90. The molecular weight excluding hydrogens is 276 g/mol. The number of hydrogen-bond donors (Lipinski definition) is 1. The van der Waals surface area contributed by atoms with Gasteiger partial charge in [-0.25, -0.2) is 4.98 Å². The molecule has 120 valence electrons. The Morgan fingerprint density at radius 2 is 2.05 bits per heavy atom. The zero-order chi connectivity index (χ0) is 15.3. The van der Waals surface area contributed by atoms with E-state index in [1.165, 1.54) is 37.1 Å². The highest BCUT2D eigenvalue weighted by atomic mass is 32.1. The summed E-state index contributed by atoms with van der Waals surface area (Å²) < 4.78 is 0. The number of nitrogens with zero attached hydrogens (tertiary/aromatic N) is 1. The summed E-state index contributed by atoms with van der Waals surface area (Å²) >= 11 is 1.82. The largest absolute Gasteiger partial charge is 0.316 e. The van der Waals surface area contributed by atoms with E-state index in [1.807, 2.05) is 17.5 Å². The van der Waals surface area contributed by atoms with Gasteiger partial charge in [0, 0.05) is 24.5 Å². The number of rotatable bonds is 6. The Bertz CT molecular complexity index is 397. The van der Waals surface area contributed by atoms with Crippen LogP contribution in [-0.4, -0.2) is 18.1 Å². The third-order valence-corrected chi connectivity index (χ3v) is 5.99. The first kappa shape index (κ1) is 17.0. The standard InChI is InChI=1S/C18H32N2S/c1-5-10-19-14-18(13-16-20-11-12-21-16)8-6-15(7-9-18)17(2,3)4/h11-12,15,19H,5-10,13-14H2,1-4H3. The molecule has 1 aliphatic carbocycles. The van der Waals surface area contributed by atoms with Crippen LogP contribution >= 0.6 is 11.3 Å². The van der Waals surface area contributed by atoms with E-state index in [9.17, 15) is 0 Å². The SMILES string of the molecule is CCCNCC1(Cc2nccs2)CCC(C(C)(C)C)CC1. The zero-order valence-corrected chi connectivity index (χ0v) is 15.1. The third kappa shape index (κ3) is 4.79. The summed E-state index contributed by atoms with van der Waals surface area (Å²) in [6.45, 7) is 11.8. The zero-order valence-electron chi connectivity index (χ0n) is 14.2. The fourth-order valence-electron chi connectivity index (χ4n) is 3.70. The second kappa shape index (κ2) is 7.23. The van der Waals surface area contributed by atoms with Gasteiger partial charge in [0.2, 0.25) is 0 Å². The van der Waals surface area contributed by atoms with E-state index in [0.717, 1.165) is 25.4 Å². The van der Waals surface area contributed by atoms with Crippen LogP contribution in [0.1, 0.15) is 64.8 Å². The number of thiazole rings is 1. The van der Waals surface area contributed by atoms with Gasteiger partial charge in [-0.1, -0.05) is 27.7 Å². The lowest BCUT2D eigenvalue weighted by atomic mass is 9.63. The minimum absolute atomic E-state index is 0.439. The molecule has 2 nitrogen and oxygen atoms in total. The summed E-state index contributed by atoms with van der Waals surface area (Å²) in [4.78, 5) is 4.54. The summed E-state index contributed by atoms with van der Waals surface area (Å²) in [6.07, 6.45) is 9.80. The van der Waals surface area contributed by atoms with Gasteiger partial charge in [0.05, 0.1) is 5.01 Å². The second-order valence-electron chi connectivity index (χ2n) is 7.92. The molecule has 0 amide bonds. The van der Waals surface area contributed by atoms with Crippen LogP contribution in [0.4, 0.5) is 0 Å². The van der Waals surface area contributed by atoms with Gasteiger partial charge in [0.25, 0.3) is 0 Å². The Hall–Kier alpha value is -0.410. The van der Waals surface area contributed by atoms with E-state index in [2.05, 4.69) is 43.4 Å². The van der Waals surface area contributed by atoms with Crippen molar-refractivity contribution >= 4 is 11.3 Å². The lowest BCUT2D eigenvalue weighted by Crippen LogP contribution is -2.41. The van der Waals surface area contributed by atoms with Crippen molar-refractivity contribution in [3.05, 3.63) is 16.6 Å². The number of hydrogen-bond acceptors (Lipinski definition) is 3. The van der Waals surface area contributed by atoms with Crippen molar-refractivity contribution in [2.24, 2.45) is 16.7 Å². The Morgan fingerprint density at radius 3 is 2.57 bits per heavy atom. The maximum absolute atomic E-state index is 4.54. The van der Waals surface area contributed by atoms with Crippen LogP contribution < -0.4 is 5.32 Å². The topological polar surface area (TPSA) is 24.9 Å². The summed E-state index contributed by atoms with van der Waals surface area (Å²) in [6, 6.07) is 0. The van der Waals surface area contributed by atoms with E-state index >= 15 is 0 Å². The van der Waals surface area contributed by atoms with Crippen LogP contribution in [0.25, 0.3) is 0 Å². The molecule has 0 spiro atoms. The number of nitrogens with one attached hydrogen (secondary N) is 1. The summed E-state index contributed by atoms with van der Waals surface area (Å²) in [5, 5.41) is 7.12. The fraction of sp³-hybridized carbons (Fsp3) is 0.833. The highest BCUT2D eigenvalue weighted by molar-refractivity contribution is 7.09. The Balaban J connectivity index is 2.00. The first-order valence-corrected chi connectivity index (χ1v) is 9.42. The highest BCUT2D eigenvalue weighted by Crippen LogP contribution is 2.46. The van der Waals surface area contributed by atoms with Crippen molar-refractivity contribution < 1.29 is 0 Å². The monoisotopic (exact) mass is 308 g/mol. The van der Waals surface area contributed by atoms with Gasteiger partial charge >= 0.3 is 0 Å². The van der Waals surface area contributed by atoms with E-state index in [-0.39, 0.29) is 0 Å². The van der Waals surface area contributed by atoms with Gasteiger partial charge in [-0.05, 0) is 55.4 Å². The average molecular weight is 309 g/mol. The average Bonchev–Trinajstić information content (AvgIpc) is 2.91. The van der Waals surface area contributed by atoms with E-state index in [4.69, 9.17) is 0 Å². The van der Waals surface area contributed by atoms with Crippen LogP contribution in [0.5, 0.6) is 0 Å². The van der Waals surface area contributed by atoms with Gasteiger partial charge < -0.3 is 5.32 Å². The molecule has 0 atom stereocenters. The molecule has 2 rings (SSSR count). The molecule has 1 N–H and O–H groups in total. The molecule has 1 heterocycles. The molecule has 0 saturated heterocycles. The van der Waals surface area contributed by atoms with Crippen LogP contribution in [0, 0.1) is 16.7 Å². The molecule has 21 heavy (non-hydrogen) atoms. The van der Waals surface area contributed by atoms with Gasteiger partial charge in [0.1, 0.15) is 0 Å². The van der Waals surface area contributed by atoms with Crippen LogP contribution in [0.15, 0.2) is 11.6 Å². The first-order chi connectivity index (χ1) is 9.95. The van der Waals surface area contributed by atoms with Gasteiger partial charge in [-0.15, -0.1) is 11.3 Å². The molecular formula is C18H32N2S. The molecule has 1 aromatic rings. The maximum Gasteiger partial charge on any atom is 0.0930 e. The first-order valence-electron chi connectivity index (χ1n) is 8.54. The van der Waals surface area contributed by atoms with Crippen molar-refractivity contribution in [1.82, 2.24) is 10.3 Å². The van der Waals surface area contributed by atoms with Crippen LogP contribution in [0.3, 0.4) is 0 Å².